The van der Waals surface area contributed by atoms with Crippen molar-refractivity contribution in [1.82, 2.24) is 5.43 Å². The number of carbonyl (C=O) groups is 1. The second-order valence-corrected chi connectivity index (χ2v) is 4.91. The average molecular weight is 266 g/mol. The molecule has 0 radical (unpaired) electrons. The van der Waals surface area contributed by atoms with Crippen LogP contribution in [0.25, 0.3) is 11.1 Å². The Bertz CT molecular complexity index is 586. The quantitative estimate of drug-likeness (QED) is 0.665. The first-order chi connectivity index (χ1) is 9.66. The van der Waals surface area contributed by atoms with Gasteiger partial charge in [-0.1, -0.05) is 56.3 Å². The minimum absolute atomic E-state index is 0.193. The molecular formula is C17H18N2O. The summed E-state index contributed by atoms with van der Waals surface area (Å²) in [6, 6.07) is 17.6. The summed E-state index contributed by atoms with van der Waals surface area (Å²) in [5.74, 6) is 0.122. The first-order valence-electron chi connectivity index (χ1n) is 6.66. The van der Waals surface area contributed by atoms with Gasteiger partial charge in [-0.05, 0) is 29.2 Å². The van der Waals surface area contributed by atoms with Gasteiger partial charge in [-0.2, -0.15) is 5.10 Å². The van der Waals surface area contributed by atoms with Crippen molar-refractivity contribution in [3.8, 4) is 11.1 Å². The molecule has 0 bridgehead atoms. The van der Waals surface area contributed by atoms with E-state index < -0.39 is 0 Å². The SMILES string of the molecule is CC(C)/C=N/NC(=O)c1ccc(-c2ccccc2)cc1. The predicted octanol–water partition coefficient (Wildman–Crippen LogP) is 3.73. The van der Waals surface area contributed by atoms with Crippen LogP contribution >= 0.6 is 0 Å². The second kappa shape index (κ2) is 6.66. The highest BCUT2D eigenvalue weighted by Gasteiger charge is 2.04. The fraction of sp³-hybridized carbons (Fsp3) is 0.176. The Morgan fingerprint density at radius 1 is 1.00 bits per heavy atom. The molecule has 0 aliphatic carbocycles. The summed E-state index contributed by atoms with van der Waals surface area (Å²) < 4.78 is 0. The third kappa shape index (κ3) is 3.79. The molecule has 20 heavy (non-hydrogen) atoms. The molecule has 0 aliphatic heterocycles. The van der Waals surface area contributed by atoms with Crippen molar-refractivity contribution in [2.45, 2.75) is 13.8 Å². The van der Waals surface area contributed by atoms with Crippen LogP contribution in [0.1, 0.15) is 24.2 Å². The monoisotopic (exact) mass is 266 g/mol. The van der Waals surface area contributed by atoms with Crippen LogP contribution in [0, 0.1) is 5.92 Å². The molecule has 3 nitrogen and oxygen atoms in total. The fourth-order valence-corrected chi connectivity index (χ4v) is 1.75. The average Bonchev–Trinajstić information content (AvgIpc) is 2.48. The number of amides is 1. The second-order valence-electron chi connectivity index (χ2n) is 4.91. The summed E-state index contributed by atoms with van der Waals surface area (Å²) >= 11 is 0. The Balaban J connectivity index is 2.07. The van der Waals surface area contributed by atoms with Gasteiger partial charge in [-0.15, -0.1) is 0 Å². The normalized spacial score (nSPS) is 10.9. The Labute approximate surface area is 119 Å². The number of hydrogen-bond donors (Lipinski definition) is 1. The van der Waals surface area contributed by atoms with Gasteiger partial charge < -0.3 is 0 Å². The lowest BCUT2D eigenvalue weighted by molar-refractivity contribution is 0.0955. The highest BCUT2D eigenvalue weighted by molar-refractivity contribution is 5.94. The van der Waals surface area contributed by atoms with Gasteiger partial charge in [-0.3, -0.25) is 4.79 Å². The van der Waals surface area contributed by atoms with Crippen LogP contribution in [0.2, 0.25) is 0 Å². The Morgan fingerprint density at radius 3 is 2.20 bits per heavy atom. The zero-order chi connectivity index (χ0) is 14.4. The van der Waals surface area contributed by atoms with Crippen molar-refractivity contribution in [3.63, 3.8) is 0 Å². The van der Waals surface area contributed by atoms with E-state index >= 15 is 0 Å². The molecule has 1 N–H and O–H groups in total. The van der Waals surface area contributed by atoms with Crippen molar-refractivity contribution >= 4 is 12.1 Å². The zero-order valence-corrected chi connectivity index (χ0v) is 11.7. The summed E-state index contributed by atoms with van der Waals surface area (Å²) in [4.78, 5) is 11.8. The largest absolute Gasteiger partial charge is 0.271 e. The van der Waals surface area contributed by atoms with E-state index in [9.17, 15) is 4.79 Å². The molecule has 3 heteroatoms. The molecule has 0 aromatic heterocycles. The van der Waals surface area contributed by atoms with Crippen LogP contribution in [0.3, 0.4) is 0 Å². The van der Waals surface area contributed by atoms with Gasteiger partial charge in [-0.25, -0.2) is 5.43 Å². The maximum Gasteiger partial charge on any atom is 0.271 e. The Hall–Kier alpha value is -2.42. The van der Waals surface area contributed by atoms with Crippen molar-refractivity contribution in [2.75, 3.05) is 0 Å². The highest BCUT2D eigenvalue weighted by Crippen LogP contribution is 2.19. The molecule has 0 heterocycles. The lowest BCUT2D eigenvalue weighted by Crippen LogP contribution is -2.17. The maximum absolute atomic E-state index is 11.8. The van der Waals surface area contributed by atoms with E-state index in [-0.39, 0.29) is 5.91 Å². The molecule has 0 unspecified atom stereocenters. The molecule has 1 amide bonds. The number of carbonyl (C=O) groups excluding carboxylic acids is 1. The number of nitrogens with one attached hydrogen (secondary N) is 1. The van der Waals surface area contributed by atoms with Gasteiger partial charge >= 0.3 is 0 Å². The summed E-state index contributed by atoms with van der Waals surface area (Å²) in [6.45, 7) is 4.01. The van der Waals surface area contributed by atoms with Crippen LogP contribution in [-0.4, -0.2) is 12.1 Å². The first kappa shape index (κ1) is 14.0. The number of nitrogens with zero attached hydrogens (tertiary/aromatic N) is 1. The van der Waals surface area contributed by atoms with Crippen LogP contribution in [-0.2, 0) is 0 Å². The van der Waals surface area contributed by atoms with Crippen molar-refractivity contribution < 1.29 is 4.79 Å². The Kier molecular flexibility index (Phi) is 4.66. The topological polar surface area (TPSA) is 41.5 Å². The zero-order valence-electron chi connectivity index (χ0n) is 11.7. The van der Waals surface area contributed by atoms with Gasteiger partial charge in [0.15, 0.2) is 0 Å². The lowest BCUT2D eigenvalue weighted by Gasteiger charge is -2.04. The summed E-state index contributed by atoms with van der Waals surface area (Å²) in [7, 11) is 0. The van der Waals surface area contributed by atoms with Gasteiger partial charge in [0.05, 0.1) is 0 Å². The van der Waals surface area contributed by atoms with Crippen molar-refractivity contribution in [1.29, 1.82) is 0 Å². The number of rotatable bonds is 4. The summed E-state index contributed by atoms with van der Waals surface area (Å²) in [5.41, 5.74) is 5.35. The molecule has 2 aromatic rings. The van der Waals surface area contributed by atoms with Crippen LogP contribution < -0.4 is 5.43 Å². The molecule has 0 saturated carbocycles. The van der Waals surface area contributed by atoms with Gasteiger partial charge in [0, 0.05) is 11.8 Å². The summed E-state index contributed by atoms with van der Waals surface area (Å²) in [5, 5.41) is 3.90. The molecule has 2 rings (SSSR count). The third-order valence-corrected chi connectivity index (χ3v) is 2.79. The molecular weight excluding hydrogens is 248 g/mol. The van der Waals surface area contributed by atoms with Gasteiger partial charge in [0.1, 0.15) is 0 Å². The van der Waals surface area contributed by atoms with Gasteiger partial charge in [0.2, 0.25) is 0 Å². The Morgan fingerprint density at radius 2 is 1.60 bits per heavy atom. The lowest BCUT2D eigenvalue weighted by atomic mass is 10.0. The van der Waals surface area contributed by atoms with E-state index in [4.69, 9.17) is 0 Å². The van der Waals surface area contributed by atoms with E-state index in [1.807, 2.05) is 68.4 Å². The minimum atomic E-state index is -0.193. The smallest absolute Gasteiger partial charge is 0.267 e. The van der Waals surface area contributed by atoms with Gasteiger partial charge in [0.25, 0.3) is 5.91 Å². The minimum Gasteiger partial charge on any atom is -0.267 e. The van der Waals surface area contributed by atoms with Crippen LogP contribution in [0.15, 0.2) is 59.7 Å². The molecule has 102 valence electrons. The van der Waals surface area contributed by atoms with E-state index in [0.717, 1.165) is 11.1 Å². The van der Waals surface area contributed by atoms with Crippen LogP contribution in [0.4, 0.5) is 0 Å². The van der Waals surface area contributed by atoms with E-state index in [1.165, 1.54) is 0 Å². The standard InChI is InChI=1S/C17H18N2O/c1-13(2)12-18-19-17(20)16-10-8-15(9-11-16)14-6-4-3-5-7-14/h3-13H,1-2H3,(H,19,20)/b18-12+. The summed E-state index contributed by atoms with van der Waals surface area (Å²) in [6.07, 6.45) is 1.70. The maximum atomic E-state index is 11.8. The van der Waals surface area contributed by atoms with Crippen molar-refractivity contribution in [2.24, 2.45) is 11.0 Å². The van der Waals surface area contributed by atoms with Crippen molar-refractivity contribution in [3.05, 3.63) is 60.2 Å². The highest BCUT2D eigenvalue weighted by atomic mass is 16.2. The third-order valence-electron chi connectivity index (χ3n) is 2.79. The molecule has 2 aromatic carbocycles. The molecule has 0 atom stereocenters. The molecule has 0 saturated heterocycles. The van der Waals surface area contributed by atoms with E-state index in [1.54, 1.807) is 6.21 Å². The predicted molar refractivity (Wildman–Crippen MR) is 82.7 cm³/mol. The van der Waals surface area contributed by atoms with Crippen LogP contribution in [0.5, 0.6) is 0 Å². The fourth-order valence-electron chi connectivity index (χ4n) is 1.75. The number of benzene rings is 2. The number of hydrogen-bond acceptors (Lipinski definition) is 2. The number of hydrazone groups is 1. The molecule has 0 fully saturated rings. The molecule has 0 aliphatic rings. The van der Waals surface area contributed by atoms with E-state index in [2.05, 4.69) is 10.5 Å². The first-order valence-corrected chi connectivity index (χ1v) is 6.66. The molecule has 0 spiro atoms. The van der Waals surface area contributed by atoms with E-state index in [0.29, 0.717) is 11.5 Å².